The van der Waals surface area contributed by atoms with Crippen LogP contribution in [0.5, 0.6) is 0 Å². The smallest absolute Gasteiger partial charge is 0.287 e. The Morgan fingerprint density at radius 2 is 1.26 bits per heavy atom. The van der Waals surface area contributed by atoms with Crippen LogP contribution in [0.15, 0.2) is 60.7 Å². The van der Waals surface area contributed by atoms with Gasteiger partial charge < -0.3 is 4.81 Å². The van der Waals surface area contributed by atoms with E-state index >= 15 is 0 Å². The number of hydrogen-bond donors (Lipinski definition) is 0. The van der Waals surface area contributed by atoms with Gasteiger partial charge in [0.2, 0.25) is 0 Å². The minimum absolute atomic E-state index is 1.16. The molecule has 0 saturated carbocycles. The normalized spacial score (nSPS) is 9.68. The van der Waals surface area contributed by atoms with Crippen LogP contribution in [0.3, 0.4) is 0 Å². The van der Waals surface area contributed by atoms with Crippen LogP contribution in [0, 0.1) is 0 Å². The van der Waals surface area contributed by atoms with Crippen LogP contribution >= 0.6 is 11.6 Å². The van der Waals surface area contributed by atoms with Gasteiger partial charge in [0.05, 0.1) is 0 Å². The summed E-state index contributed by atoms with van der Waals surface area (Å²) in [6.07, 6.45) is 0. The highest BCUT2D eigenvalue weighted by Gasteiger charge is 1.91. The van der Waals surface area contributed by atoms with Gasteiger partial charge in [-0.1, -0.05) is 67.6 Å². The molecule has 0 heterocycles. The van der Waals surface area contributed by atoms with Gasteiger partial charge in [-0.2, -0.15) is 11.6 Å². The van der Waals surface area contributed by atoms with Crippen LogP contribution in [-0.4, -0.2) is 31.4 Å². The third kappa shape index (κ3) is 7.09. The molecule has 2 rings (SSSR count). The topological polar surface area (TPSA) is 3.24 Å². The second kappa shape index (κ2) is 9.71. The molecule has 3 heteroatoms. The molecule has 0 amide bonds. The first kappa shape index (κ1) is 15.9. The van der Waals surface area contributed by atoms with E-state index in [9.17, 15) is 0 Å². The Kier molecular flexibility index (Phi) is 8.11. The third-order valence-electron chi connectivity index (χ3n) is 2.33. The van der Waals surface area contributed by atoms with Crippen molar-refractivity contribution in [2.75, 3.05) is 19.8 Å². The van der Waals surface area contributed by atoms with E-state index in [-0.39, 0.29) is 0 Å². The molecule has 0 bridgehead atoms. The highest BCUT2D eigenvalue weighted by molar-refractivity contribution is 8.22. The molecule has 0 saturated heterocycles. The summed E-state index contributed by atoms with van der Waals surface area (Å²) in [4.78, 5) is 2.05. The maximum Gasteiger partial charge on any atom is 0.287 e. The first-order valence-corrected chi connectivity index (χ1v) is 7.50. The number of nitrogens with zero attached hydrogens (tertiary/aromatic N) is 1. The van der Waals surface area contributed by atoms with Gasteiger partial charge >= 0.3 is 0 Å². The van der Waals surface area contributed by atoms with Gasteiger partial charge in [0.25, 0.3) is 6.69 Å². The molecule has 0 spiro atoms. The molecule has 0 aliphatic carbocycles. The standard InChI is InChI=1S/C12H10.C4H11BNS/c1-3-7-11(8-4-1)12-9-5-2-6-10-12;1-4-7-5-6(2)3/h1-10H;4H2,1-3H3. The molecule has 0 aliphatic heterocycles. The lowest BCUT2D eigenvalue weighted by atomic mass is 10.1. The van der Waals surface area contributed by atoms with E-state index in [4.69, 9.17) is 0 Å². The van der Waals surface area contributed by atoms with E-state index in [1.807, 2.05) is 42.7 Å². The molecule has 2 aromatic carbocycles. The van der Waals surface area contributed by atoms with Gasteiger partial charge in [-0.25, -0.2) is 0 Å². The second-order valence-corrected chi connectivity index (χ2v) is 5.38. The van der Waals surface area contributed by atoms with Crippen LogP contribution in [-0.2, 0) is 0 Å². The van der Waals surface area contributed by atoms with Crippen molar-refractivity contribution in [1.29, 1.82) is 0 Å². The maximum atomic E-state index is 2.14. The first-order valence-electron chi connectivity index (χ1n) is 6.46. The second-order valence-electron chi connectivity index (χ2n) is 4.26. The summed E-state index contributed by atoms with van der Waals surface area (Å²) in [5, 5.41) is 0. The maximum absolute atomic E-state index is 2.14. The monoisotopic (exact) mass is 270 g/mol. The van der Waals surface area contributed by atoms with E-state index in [0.29, 0.717) is 0 Å². The molecule has 0 N–H and O–H groups in total. The van der Waals surface area contributed by atoms with E-state index in [1.165, 1.54) is 11.1 Å². The van der Waals surface area contributed by atoms with E-state index in [2.05, 4.69) is 62.1 Å². The Bertz CT molecular complexity index is 394. The van der Waals surface area contributed by atoms with Crippen molar-refractivity contribution in [3.8, 4) is 11.1 Å². The lowest BCUT2D eigenvalue weighted by Crippen LogP contribution is -2.13. The Morgan fingerprint density at radius 1 is 0.842 bits per heavy atom. The average molecular weight is 270 g/mol. The van der Waals surface area contributed by atoms with Crippen molar-refractivity contribution in [1.82, 2.24) is 4.81 Å². The fourth-order valence-corrected chi connectivity index (χ4v) is 1.93. The minimum Gasteiger partial charge on any atom is -0.342 e. The Balaban J connectivity index is 0.000000224. The zero-order valence-electron chi connectivity index (χ0n) is 11.9. The van der Waals surface area contributed by atoms with Gasteiger partial charge in [0.1, 0.15) is 0 Å². The van der Waals surface area contributed by atoms with Gasteiger partial charge in [0, 0.05) is 0 Å². The van der Waals surface area contributed by atoms with Crippen molar-refractivity contribution in [2.45, 2.75) is 6.92 Å². The zero-order chi connectivity index (χ0) is 13.9. The van der Waals surface area contributed by atoms with Crippen LogP contribution in [0.1, 0.15) is 6.92 Å². The molecule has 2 aromatic rings. The molecule has 0 unspecified atom stereocenters. The minimum atomic E-state index is 1.16. The predicted octanol–water partition coefficient (Wildman–Crippen LogP) is 4.19. The molecule has 0 aromatic heterocycles. The zero-order valence-corrected chi connectivity index (χ0v) is 12.7. The number of hydrogen-bond acceptors (Lipinski definition) is 2. The molecule has 19 heavy (non-hydrogen) atoms. The van der Waals surface area contributed by atoms with Crippen LogP contribution in [0.25, 0.3) is 11.1 Å². The van der Waals surface area contributed by atoms with Gasteiger partial charge in [0.15, 0.2) is 0 Å². The summed E-state index contributed by atoms with van der Waals surface area (Å²) in [6, 6.07) is 20.8. The summed E-state index contributed by atoms with van der Waals surface area (Å²) in [5.74, 6) is 1.16. The van der Waals surface area contributed by atoms with E-state index in [0.717, 1.165) is 5.75 Å². The summed E-state index contributed by atoms with van der Waals surface area (Å²) in [5.41, 5.74) is 2.55. The highest BCUT2D eigenvalue weighted by Crippen LogP contribution is 2.17. The van der Waals surface area contributed by atoms with Gasteiger partial charge in [-0.05, 0) is 31.0 Å². The Hall–Kier alpha value is -1.19. The summed E-state index contributed by atoms with van der Waals surface area (Å²) in [6.45, 7) is 4.24. The van der Waals surface area contributed by atoms with Crippen molar-refractivity contribution in [3.63, 3.8) is 0 Å². The number of rotatable bonds is 4. The average Bonchev–Trinajstić information content (AvgIpc) is 2.47. The quantitative estimate of drug-likeness (QED) is 0.766. The van der Waals surface area contributed by atoms with E-state index in [1.54, 1.807) is 0 Å². The van der Waals surface area contributed by atoms with Crippen LogP contribution < -0.4 is 0 Å². The molecule has 1 radical (unpaired) electrons. The Morgan fingerprint density at radius 3 is 1.53 bits per heavy atom. The van der Waals surface area contributed by atoms with Crippen molar-refractivity contribution >= 4 is 18.3 Å². The van der Waals surface area contributed by atoms with Crippen molar-refractivity contribution < 1.29 is 0 Å². The summed E-state index contributed by atoms with van der Waals surface area (Å²) < 4.78 is 0. The van der Waals surface area contributed by atoms with E-state index < -0.39 is 0 Å². The SMILES string of the molecule is CCS[B]N(C)C.c1ccc(-c2ccccc2)cc1. The molecule has 99 valence electrons. The van der Waals surface area contributed by atoms with Gasteiger partial charge in [-0.15, -0.1) is 0 Å². The summed E-state index contributed by atoms with van der Waals surface area (Å²) in [7, 11) is 4.06. The molecule has 0 aliphatic rings. The predicted molar refractivity (Wildman–Crippen MR) is 89.5 cm³/mol. The fourth-order valence-electron chi connectivity index (χ4n) is 1.48. The molecule has 1 nitrogen and oxygen atoms in total. The Labute approximate surface area is 122 Å². The summed E-state index contributed by atoms with van der Waals surface area (Å²) >= 11 is 1.82. The fraction of sp³-hybridized carbons (Fsp3) is 0.250. The molecule has 0 atom stereocenters. The lowest BCUT2D eigenvalue weighted by Gasteiger charge is -2.03. The molecular weight excluding hydrogens is 249 g/mol. The first-order chi connectivity index (χ1) is 9.24. The highest BCUT2D eigenvalue weighted by atomic mass is 32.2. The van der Waals surface area contributed by atoms with Crippen LogP contribution in [0.4, 0.5) is 0 Å². The third-order valence-corrected chi connectivity index (χ3v) is 3.24. The molecular formula is C16H21BNS. The van der Waals surface area contributed by atoms with Crippen molar-refractivity contribution in [2.24, 2.45) is 0 Å². The largest absolute Gasteiger partial charge is 0.342 e. The molecule has 0 fully saturated rings. The number of benzene rings is 2. The van der Waals surface area contributed by atoms with Gasteiger partial charge in [-0.3, -0.25) is 0 Å². The van der Waals surface area contributed by atoms with Crippen LogP contribution in [0.2, 0.25) is 0 Å². The van der Waals surface area contributed by atoms with Crippen molar-refractivity contribution in [3.05, 3.63) is 60.7 Å². The lowest BCUT2D eigenvalue weighted by molar-refractivity contribution is 0.674.